The molecule has 0 spiro atoms. The van der Waals surface area contributed by atoms with Crippen molar-refractivity contribution >= 4 is 63.3 Å². The number of rotatable bonds is 9. The van der Waals surface area contributed by atoms with E-state index in [2.05, 4.69) is 20.3 Å². The summed E-state index contributed by atoms with van der Waals surface area (Å²) in [5.74, 6) is -4.30. The van der Waals surface area contributed by atoms with Crippen molar-refractivity contribution in [2.24, 2.45) is 5.16 Å². The van der Waals surface area contributed by atoms with Crippen molar-refractivity contribution < 1.29 is 68.4 Å². The van der Waals surface area contributed by atoms with E-state index in [0.29, 0.717) is 5.57 Å². The zero-order valence-electron chi connectivity index (χ0n) is 20.3. The van der Waals surface area contributed by atoms with Gasteiger partial charge in [-0.2, -0.15) is 0 Å². The number of aromatic nitrogens is 3. The first kappa shape index (κ1) is 28.6. The maximum Gasteiger partial charge on any atom is 1.00 e. The minimum absolute atomic E-state index is 0. The van der Waals surface area contributed by atoms with Crippen molar-refractivity contribution in [3.8, 4) is 0 Å². The minimum atomic E-state index is -1.56. The van der Waals surface area contributed by atoms with E-state index < -0.39 is 47.5 Å². The Kier molecular flexibility index (Phi) is 8.60. The molecule has 2 aliphatic heterocycles. The molecule has 5 heterocycles. The molecule has 2 atom stereocenters. The third-order valence-corrected chi connectivity index (χ3v) is 7.79. The fourth-order valence-corrected chi connectivity index (χ4v) is 6.02. The van der Waals surface area contributed by atoms with Crippen LogP contribution in [0.2, 0.25) is 0 Å². The third-order valence-electron chi connectivity index (χ3n) is 5.78. The van der Waals surface area contributed by atoms with E-state index in [4.69, 9.17) is 5.73 Å². The van der Waals surface area contributed by atoms with Gasteiger partial charge in [-0.15, -0.1) is 23.1 Å². The van der Waals surface area contributed by atoms with Crippen LogP contribution in [0.15, 0.2) is 58.6 Å². The smallest absolute Gasteiger partial charge is 0.546 e. The fraction of sp³-hybridized carbons (Fsp3) is 0.227. The van der Waals surface area contributed by atoms with Gasteiger partial charge in [0.2, 0.25) is 0 Å². The Morgan fingerprint density at radius 2 is 2.08 bits per heavy atom. The number of anilines is 1. The molecule has 1 saturated heterocycles. The van der Waals surface area contributed by atoms with Crippen LogP contribution in [0.25, 0.3) is 5.65 Å². The van der Waals surface area contributed by atoms with Gasteiger partial charge >= 0.3 is 29.6 Å². The molecule has 3 aromatic rings. The largest absolute Gasteiger partial charge is 1.00 e. The summed E-state index contributed by atoms with van der Waals surface area (Å²) >= 11 is 2.30. The first-order valence-electron chi connectivity index (χ1n) is 11.0. The monoisotopic (exact) mass is 579 g/mol. The number of nitrogens with zero attached hydrogens (tertiary/aromatic N) is 5. The molecule has 3 N–H and O–H groups in total. The number of fused-ring (bicyclic) bond motifs is 2. The number of β-lactam (4-membered cyclic amide) rings is 1. The van der Waals surface area contributed by atoms with Crippen LogP contribution in [-0.2, 0) is 30.6 Å². The van der Waals surface area contributed by atoms with Crippen LogP contribution < -0.4 is 55.4 Å². The average Bonchev–Trinajstić information content (AvgIpc) is 3.50. The Balaban J connectivity index is 0.00000353. The van der Waals surface area contributed by atoms with E-state index in [0.717, 1.165) is 21.9 Å². The number of thioether (sulfide) groups is 1. The number of carboxylic acid groups (broad SMARTS) is 2. The van der Waals surface area contributed by atoms with Gasteiger partial charge in [-0.25, -0.2) is 14.0 Å². The molecule has 39 heavy (non-hydrogen) atoms. The predicted molar refractivity (Wildman–Crippen MR) is 129 cm³/mol. The van der Waals surface area contributed by atoms with Crippen LogP contribution in [0, 0.1) is 0 Å². The van der Waals surface area contributed by atoms with Gasteiger partial charge in [-0.3, -0.25) is 14.5 Å². The number of nitrogen functional groups attached to an aromatic ring is 1. The molecule has 2 amide bonds. The first-order valence-corrected chi connectivity index (χ1v) is 12.9. The quantitative estimate of drug-likeness (QED) is 0.0809. The maximum absolute atomic E-state index is 13.0. The number of carbonyl (C=O) groups is 4. The molecule has 196 valence electrons. The number of nitrogens with one attached hydrogen (secondary N) is 1. The Hall–Kier alpha value is -3.44. The molecule has 0 unspecified atom stereocenters. The summed E-state index contributed by atoms with van der Waals surface area (Å²) in [6.07, 6.45) is 5.50. The summed E-state index contributed by atoms with van der Waals surface area (Å²) in [6.45, 7) is -0.690. The Labute approximate surface area is 250 Å². The van der Waals surface area contributed by atoms with Gasteiger partial charge in [0.05, 0.1) is 23.8 Å². The summed E-state index contributed by atoms with van der Waals surface area (Å²) < 4.78 is 3.74. The Morgan fingerprint density at radius 1 is 1.28 bits per heavy atom. The number of pyridine rings is 1. The number of oxime groups is 1. The van der Waals surface area contributed by atoms with Crippen molar-refractivity contribution in [2.75, 3.05) is 18.1 Å². The van der Waals surface area contributed by atoms with Crippen LogP contribution in [0.3, 0.4) is 0 Å². The number of hydrogen-bond donors (Lipinski definition) is 2. The zero-order valence-corrected chi connectivity index (χ0v) is 23.9. The van der Waals surface area contributed by atoms with Crippen LogP contribution in [0.1, 0.15) is 5.69 Å². The van der Waals surface area contributed by atoms with Crippen molar-refractivity contribution in [2.45, 2.75) is 18.0 Å². The molecular formula is C22H18N7NaO7S2. The second kappa shape index (κ2) is 11.7. The minimum Gasteiger partial charge on any atom is -0.546 e. The second-order valence-electron chi connectivity index (χ2n) is 8.15. The molecule has 0 aromatic carbocycles. The number of nitrogens with two attached hydrogens (primary N) is 1. The number of carbonyl (C=O) groups excluding carboxylic acids is 4. The van der Waals surface area contributed by atoms with Crippen molar-refractivity contribution in [3.05, 3.63) is 59.1 Å². The van der Waals surface area contributed by atoms with Gasteiger partial charge in [0.15, 0.2) is 17.5 Å². The molecular weight excluding hydrogens is 561 g/mol. The van der Waals surface area contributed by atoms with Gasteiger partial charge in [0, 0.05) is 22.8 Å². The Bertz CT molecular complexity index is 1540. The van der Waals surface area contributed by atoms with Gasteiger partial charge in [-0.1, -0.05) is 11.2 Å². The molecule has 0 bridgehead atoms. The summed E-state index contributed by atoms with van der Waals surface area (Å²) in [5, 5.41) is 29.6. The molecule has 17 heteroatoms. The molecule has 0 aliphatic carbocycles. The van der Waals surface area contributed by atoms with Crippen LogP contribution in [-0.4, -0.2) is 67.5 Å². The van der Waals surface area contributed by atoms with E-state index >= 15 is 0 Å². The van der Waals surface area contributed by atoms with Gasteiger partial charge in [0.1, 0.15) is 36.0 Å². The number of thiazole rings is 1. The summed E-state index contributed by atoms with van der Waals surface area (Å²) in [6, 6.07) is 4.53. The van der Waals surface area contributed by atoms with Gasteiger partial charge in [0.25, 0.3) is 17.5 Å². The fourth-order valence-electron chi connectivity index (χ4n) is 4.14. The summed E-state index contributed by atoms with van der Waals surface area (Å²) in [7, 11) is 0. The second-order valence-corrected chi connectivity index (χ2v) is 10.1. The molecule has 1 fully saturated rings. The average molecular weight is 580 g/mol. The predicted octanol–water partition coefficient (Wildman–Crippen LogP) is -6.16. The van der Waals surface area contributed by atoms with Crippen molar-refractivity contribution in [1.29, 1.82) is 0 Å². The van der Waals surface area contributed by atoms with Gasteiger partial charge in [-0.05, 0) is 6.07 Å². The van der Waals surface area contributed by atoms with Crippen LogP contribution in [0.4, 0.5) is 5.13 Å². The third kappa shape index (κ3) is 5.65. The normalized spacial score (nSPS) is 18.7. The standard InChI is InChI=1S/C22H19N7O7S2.Na/c23-22-24-12(10-38-22)15(26-36-8-14(30)31)18(32)25-16-19(33)29-17(21(34)35)11(9-37-20(16)29)7-28-6-5-27-4-2-1-3-13(27)28;/h1-6,10,16,20H,7-9H2,(H4-,23,24,25,30,31,32,34,35);/q;+1/p-1/b26-15+;/t16-,20-;/m1./s1. The molecule has 14 nitrogen and oxygen atoms in total. The summed E-state index contributed by atoms with van der Waals surface area (Å²) in [4.78, 5) is 58.5. The maximum atomic E-state index is 13.0. The number of imidazole rings is 1. The zero-order chi connectivity index (χ0) is 27.0. The summed E-state index contributed by atoms with van der Waals surface area (Å²) in [5.41, 5.74) is 6.32. The number of amides is 2. The Morgan fingerprint density at radius 3 is 2.77 bits per heavy atom. The van der Waals surface area contributed by atoms with Crippen molar-refractivity contribution in [3.63, 3.8) is 0 Å². The number of carboxylic acids is 2. The number of aliphatic carboxylic acids is 2. The van der Waals surface area contributed by atoms with E-state index in [-0.39, 0.29) is 58.4 Å². The first-order chi connectivity index (χ1) is 18.2. The molecule has 2 aliphatic rings. The van der Waals surface area contributed by atoms with E-state index in [1.54, 1.807) is 0 Å². The number of hydrogen-bond acceptors (Lipinski definition) is 12. The van der Waals surface area contributed by atoms with E-state index in [9.17, 15) is 29.4 Å². The van der Waals surface area contributed by atoms with Crippen LogP contribution in [0.5, 0.6) is 0 Å². The molecule has 0 saturated carbocycles. The SMILES string of the molecule is Nc1nc(/C(=N\OCC(=O)[O-])C(=O)N[C@@H]2C(=O)N3C(C(=O)[O-])=C(C[n+]4ccn5ccccc54)CS[C@H]23)cs1.[Na+]. The molecule has 3 aromatic heterocycles. The molecule has 0 radical (unpaired) electrons. The topological polar surface area (TPSA) is 198 Å². The molecule has 5 rings (SSSR count). The van der Waals surface area contributed by atoms with E-state index in [1.165, 1.54) is 17.1 Å². The van der Waals surface area contributed by atoms with Gasteiger partial charge < -0.3 is 35.7 Å². The van der Waals surface area contributed by atoms with Crippen LogP contribution >= 0.6 is 23.1 Å². The van der Waals surface area contributed by atoms with E-state index in [1.807, 2.05) is 45.8 Å². The van der Waals surface area contributed by atoms with Crippen molar-refractivity contribution in [1.82, 2.24) is 19.6 Å².